The van der Waals surface area contributed by atoms with Crippen LogP contribution in [-0.4, -0.2) is 16.1 Å². The molecule has 0 aliphatic rings. The number of hydrogen-bond acceptors (Lipinski definition) is 3. The molecule has 0 aliphatic carbocycles. The third-order valence-electron chi connectivity index (χ3n) is 3.07. The second-order valence-electron chi connectivity index (χ2n) is 5.28. The second-order valence-corrected chi connectivity index (χ2v) is 6.48. The summed E-state index contributed by atoms with van der Waals surface area (Å²) < 4.78 is 0. The molecular formula is C15H17NO2S. The molecule has 0 unspecified atom stereocenters. The molecule has 2 aromatic rings. The van der Waals surface area contributed by atoms with E-state index < -0.39 is 5.97 Å². The average Bonchev–Trinajstić information content (AvgIpc) is 2.73. The van der Waals surface area contributed by atoms with E-state index in [2.05, 4.69) is 31.0 Å². The number of aryl methyl sites for hydroxylation is 1. The summed E-state index contributed by atoms with van der Waals surface area (Å²) in [6.07, 6.45) is 0.847. The summed E-state index contributed by atoms with van der Waals surface area (Å²) in [4.78, 5) is 16.1. The molecule has 0 bridgehead atoms. The highest BCUT2D eigenvalue weighted by molar-refractivity contribution is 7.12. The molecule has 3 nitrogen and oxygen atoms in total. The fraction of sp³-hybridized carbons (Fsp3) is 0.333. The van der Waals surface area contributed by atoms with E-state index in [0.29, 0.717) is 0 Å². The molecule has 0 fully saturated rings. The molecule has 1 N–H and O–H groups in total. The van der Waals surface area contributed by atoms with Crippen LogP contribution in [0.5, 0.6) is 0 Å². The van der Waals surface area contributed by atoms with Crippen molar-refractivity contribution in [2.75, 3.05) is 0 Å². The first-order valence-corrected chi connectivity index (χ1v) is 6.97. The predicted molar refractivity (Wildman–Crippen MR) is 77.0 cm³/mol. The number of benzene rings is 1. The van der Waals surface area contributed by atoms with Crippen molar-refractivity contribution < 1.29 is 9.90 Å². The molecule has 0 radical (unpaired) electrons. The van der Waals surface area contributed by atoms with Crippen molar-refractivity contribution in [1.29, 1.82) is 0 Å². The molecule has 100 valence electrons. The normalized spacial score (nSPS) is 11.5. The van der Waals surface area contributed by atoms with E-state index in [1.54, 1.807) is 0 Å². The third-order valence-corrected chi connectivity index (χ3v) is 4.40. The van der Waals surface area contributed by atoms with Gasteiger partial charge in [0.15, 0.2) is 5.69 Å². The number of carbonyl (C=O) groups is 1. The molecule has 0 saturated heterocycles. The Kier molecular flexibility index (Phi) is 3.71. The Bertz CT molecular complexity index is 587. The minimum atomic E-state index is -0.949. The summed E-state index contributed by atoms with van der Waals surface area (Å²) in [7, 11) is 0. The average molecular weight is 275 g/mol. The van der Waals surface area contributed by atoms with E-state index >= 15 is 0 Å². The zero-order valence-corrected chi connectivity index (χ0v) is 12.1. The Labute approximate surface area is 116 Å². The van der Waals surface area contributed by atoms with Crippen LogP contribution in [-0.2, 0) is 11.8 Å². The molecule has 19 heavy (non-hydrogen) atoms. The molecule has 1 aromatic heterocycles. The first-order chi connectivity index (χ1) is 8.90. The van der Waals surface area contributed by atoms with Crippen molar-refractivity contribution in [2.45, 2.75) is 32.6 Å². The number of carboxylic acids is 1. The number of aromatic nitrogens is 1. The summed E-state index contributed by atoms with van der Waals surface area (Å²) >= 11 is 1.48. The minimum Gasteiger partial charge on any atom is -0.476 e. The standard InChI is InChI=1S/C15H17NO2S/c1-10-12(13(17)18)16-14(19-10)15(2,3)9-11-7-5-4-6-8-11/h4-8H,9H2,1-3H3,(H,17,18). The van der Waals surface area contributed by atoms with Crippen LogP contribution in [0.15, 0.2) is 30.3 Å². The lowest BCUT2D eigenvalue weighted by Crippen LogP contribution is -2.20. The highest BCUT2D eigenvalue weighted by Gasteiger charge is 2.27. The van der Waals surface area contributed by atoms with E-state index in [0.717, 1.165) is 16.3 Å². The Morgan fingerprint density at radius 3 is 2.47 bits per heavy atom. The summed E-state index contributed by atoms with van der Waals surface area (Å²) in [5, 5.41) is 9.96. The summed E-state index contributed by atoms with van der Waals surface area (Å²) in [6.45, 7) is 6.01. The lowest BCUT2D eigenvalue weighted by Gasteiger charge is -2.21. The first kappa shape index (κ1) is 13.7. The molecule has 0 spiro atoms. The highest BCUT2D eigenvalue weighted by Crippen LogP contribution is 2.32. The van der Waals surface area contributed by atoms with E-state index in [-0.39, 0.29) is 11.1 Å². The van der Waals surface area contributed by atoms with Crippen LogP contribution in [0.2, 0.25) is 0 Å². The van der Waals surface area contributed by atoms with Gasteiger partial charge in [-0.25, -0.2) is 9.78 Å². The molecule has 2 rings (SSSR count). The van der Waals surface area contributed by atoms with Gasteiger partial charge in [0.1, 0.15) is 0 Å². The molecule has 0 atom stereocenters. The van der Waals surface area contributed by atoms with Gasteiger partial charge in [-0.3, -0.25) is 0 Å². The second kappa shape index (κ2) is 5.13. The number of carboxylic acid groups (broad SMARTS) is 1. The van der Waals surface area contributed by atoms with Gasteiger partial charge in [0.2, 0.25) is 0 Å². The lowest BCUT2D eigenvalue weighted by atomic mass is 9.86. The van der Waals surface area contributed by atoms with Gasteiger partial charge in [-0.2, -0.15) is 0 Å². The third kappa shape index (κ3) is 3.01. The number of hydrogen-bond donors (Lipinski definition) is 1. The van der Waals surface area contributed by atoms with Crippen molar-refractivity contribution in [3.8, 4) is 0 Å². The Balaban J connectivity index is 2.29. The number of rotatable bonds is 4. The van der Waals surface area contributed by atoms with Gasteiger partial charge in [-0.05, 0) is 18.9 Å². The molecule has 1 aromatic carbocycles. The van der Waals surface area contributed by atoms with Crippen molar-refractivity contribution in [1.82, 2.24) is 4.98 Å². The maximum Gasteiger partial charge on any atom is 0.355 e. The molecule has 0 aliphatic heterocycles. The molecule has 0 saturated carbocycles. The lowest BCUT2D eigenvalue weighted by molar-refractivity contribution is 0.0690. The van der Waals surface area contributed by atoms with Crippen LogP contribution in [0.1, 0.15) is 39.8 Å². The summed E-state index contributed by atoms with van der Waals surface area (Å²) in [5.74, 6) is -0.949. The van der Waals surface area contributed by atoms with Crippen molar-refractivity contribution >= 4 is 17.3 Å². The minimum absolute atomic E-state index is 0.162. The molecule has 1 heterocycles. The SMILES string of the molecule is Cc1sc(C(C)(C)Cc2ccccc2)nc1C(=O)O. The van der Waals surface area contributed by atoms with Crippen molar-refractivity contribution in [3.05, 3.63) is 51.5 Å². The van der Waals surface area contributed by atoms with Crippen LogP contribution >= 0.6 is 11.3 Å². The first-order valence-electron chi connectivity index (χ1n) is 6.15. The highest BCUT2D eigenvalue weighted by atomic mass is 32.1. The van der Waals surface area contributed by atoms with E-state index in [9.17, 15) is 4.79 Å². The predicted octanol–water partition coefficient (Wildman–Crippen LogP) is 3.67. The van der Waals surface area contributed by atoms with Gasteiger partial charge < -0.3 is 5.11 Å². The monoisotopic (exact) mass is 275 g/mol. The van der Waals surface area contributed by atoms with Crippen LogP contribution in [0, 0.1) is 6.92 Å². The van der Waals surface area contributed by atoms with Gasteiger partial charge in [0.05, 0.1) is 5.01 Å². The summed E-state index contributed by atoms with van der Waals surface area (Å²) in [5.41, 5.74) is 1.25. The Morgan fingerprint density at radius 1 is 1.32 bits per heavy atom. The summed E-state index contributed by atoms with van der Waals surface area (Å²) in [6, 6.07) is 10.2. The van der Waals surface area contributed by atoms with Gasteiger partial charge in [0, 0.05) is 10.3 Å². The maximum absolute atomic E-state index is 11.1. The topological polar surface area (TPSA) is 50.2 Å². The van der Waals surface area contributed by atoms with Crippen LogP contribution < -0.4 is 0 Å². The fourth-order valence-electron chi connectivity index (χ4n) is 2.07. The largest absolute Gasteiger partial charge is 0.476 e. The molecule has 0 amide bonds. The number of thiazole rings is 1. The van der Waals surface area contributed by atoms with Gasteiger partial charge in [-0.15, -0.1) is 11.3 Å². The number of nitrogens with zero attached hydrogens (tertiary/aromatic N) is 1. The smallest absolute Gasteiger partial charge is 0.355 e. The zero-order chi connectivity index (χ0) is 14.0. The van der Waals surface area contributed by atoms with Gasteiger partial charge in [-0.1, -0.05) is 44.2 Å². The van der Waals surface area contributed by atoms with E-state index in [1.165, 1.54) is 16.9 Å². The Hall–Kier alpha value is -1.68. The van der Waals surface area contributed by atoms with Gasteiger partial charge in [0.25, 0.3) is 0 Å². The van der Waals surface area contributed by atoms with Crippen LogP contribution in [0.4, 0.5) is 0 Å². The van der Waals surface area contributed by atoms with Gasteiger partial charge >= 0.3 is 5.97 Å². The number of aromatic carboxylic acids is 1. The molecule has 4 heteroatoms. The quantitative estimate of drug-likeness (QED) is 0.926. The molecular weight excluding hydrogens is 258 g/mol. The van der Waals surface area contributed by atoms with Crippen molar-refractivity contribution in [2.24, 2.45) is 0 Å². The van der Waals surface area contributed by atoms with Crippen LogP contribution in [0.3, 0.4) is 0 Å². The van der Waals surface area contributed by atoms with Crippen LogP contribution in [0.25, 0.3) is 0 Å². The fourth-order valence-corrected chi connectivity index (χ4v) is 3.07. The van der Waals surface area contributed by atoms with E-state index in [4.69, 9.17) is 5.11 Å². The van der Waals surface area contributed by atoms with E-state index in [1.807, 2.05) is 25.1 Å². The van der Waals surface area contributed by atoms with Crippen molar-refractivity contribution in [3.63, 3.8) is 0 Å². The Morgan fingerprint density at radius 2 is 1.95 bits per heavy atom. The maximum atomic E-state index is 11.1. The zero-order valence-electron chi connectivity index (χ0n) is 11.3.